The van der Waals surface area contributed by atoms with Crippen molar-refractivity contribution in [3.8, 4) is 0 Å². The van der Waals surface area contributed by atoms with Crippen molar-refractivity contribution in [1.29, 1.82) is 0 Å². The Morgan fingerprint density at radius 2 is 2.11 bits per heavy atom. The highest BCUT2D eigenvalue weighted by molar-refractivity contribution is 5.76. The van der Waals surface area contributed by atoms with Gasteiger partial charge in [0.05, 0.1) is 0 Å². The zero-order valence-electron chi connectivity index (χ0n) is 12.3. The molecule has 0 aliphatic carbocycles. The third kappa shape index (κ3) is 5.11. The van der Waals surface area contributed by atoms with Gasteiger partial charge in [-0.15, -0.1) is 0 Å². The van der Waals surface area contributed by atoms with Gasteiger partial charge in [-0.3, -0.25) is 4.79 Å². The lowest BCUT2D eigenvalue weighted by Gasteiger charge is -2.32. The zero-order chi connectivity index (χ0) is 13.5. The lowest BCUT2D eigenvalue weighted by atomic mass is 10.0. The second-order valence-electron chi connectivity index (χ2n) is 6.08. The van der Waals surface area contributed by atoms with Gasteiger partial charge in [-0.25, -0.2) is 0 Å². The lowest BCUT2D eigenvalue weighted by Crippen LogP contribution is -2.44. The summed E-state index contributed by atoms with van der Waals surface area (Å²) < 4.78 is 0. The lowest BCUT2D eigenvalue weighted by molar-refractivity contribution is -0.122. The number of carbonyl (C=O) groups excluding carboxylic acids is 1. The van der Waals surface area contributed by atoms with E-state index in [-0.39, 0.29) is 5.91 Å². The quantitative estimate of drug-likeness (QED) is 0.764. The van der Waals surface area contributed by atoms with Crippen LogP contribution in [0.1, 0.15) is 45.4 Å². The molecule has 4 heteroatoms. The minimum Gasteiger partial charge on any atom is -0.353 e. The van der Waals surface area contributed by atoms with Crippen molar-refractivity contribution in [1.82, 2.24) is 15.5 Å². The first-order valence-electron chi connectivity index (χ1n) is 8.00. The Morgan fingerprint density at radius 3 is 2.74 bits per heavy atom. The molecule has 19 heavy (non-hydrogen) atoms. The number of rotatable bonds is 6. The number of nitrogens with one attached hydrogen (secondary N) is 2. The van der Waals surface area contributed by atoms with Crippen molar-refractivity contribution in [2.24, 2.45) is 5.92 Å². The summed E-state index contributed by atoms with van der Waals surface area (Å²) in [5, 5.41) is 6.58. The van der Waals surface area contributed by atoms with Crippen LogP contribution in [0.15, 0.2) is 0 Å². The molecule has 2 aliphatic heterocycles. The summed E-state index contributed by atoms with van der Waals surface area (Å²) in [6, 6.07) is 0.419. The molecule has 4 nitrogen and oxygen atoms in total. The number of hydrogen-bond acceptors (Lipinski definition) is 3. The van der Waals surface area contributed by atoms with Crippen LogP contribution < -0.4 is 10.6 Å². The van der Waals surface area contributed by atoms with E-state index in [2.05, 4.69) is 22.5 Å². The third-order valence-electron chi connectivity index (χ3n) is 4.43. The number of carbonyl (C=O) groups is 1. The van der Waals surface area contributed by atoms with Gasteiger partial charge < -0.3 is 15.5 Å². The van der Waals surface area contributed by atoms with E-state index in [9.17, 15) is 4.79 Å². The van der Waals surface area contributed by atoms with Crippen molar-refractivity contribution < 1.29 is 4.79 Å². The van der Waals surface area contributed by atoms with E-state index in [1.54, 1.807) is 0 Å². The van der Waals surface area contributed by atoms with Crippen LogP contribution in [0, 0.1) is 5.92 Å². The molecule has 2 rings (SSSR count). The molecule has 0 radical (unpaired) electrons. The maximum Gasteiger partial charge on any atom is 0.220 e. The SMILES string of the molecule is CCCN1CCC(NC(=O)CCC2CCNC2)CC1. The van der Waals surface area contributed by atoms with Crippen LogP contribution in [-0.2, 0) is 4.79 Å². The van der Waals surface area contributed by atoms with Crippen LogP contribution in [0.25, 0.3) is 0 Å². The molecule has 1 atom stereocenters. The van der Waals surface area contributed by atoms with Crippen LogP contribution in [0.2, 0.25) is 0 Å². The van der Waals surface area contributed by atoms with Crippen LogP contribution in [-0.4, -0.2) is 49.6 Å². The molecule has 0 saturated carbocycles. The average molecular weight is 267 g/mol. The summed E-state index contributed by atoms with van der Waals surface area (Å²) in [4.78, 5) is 14.4. The van der Waals surface area contributed by atoms with Crippen molar-refractivity contribution in [2.45, 2.75) is 51.5 Å². The Morgan fingerprint density at radius 1 is 1.32 bits per heavy atom. The Labute approximate surface area is 117 Å². The van der Waals surface area contributed by atoms with Gasteiger partial charge in [0.15, 0.2) is 0 Å². The molecule has 0 aromatic carbocycles. The first kappa shape index (κ1) is 14.8. The van der Waals surface area contributed by atoms with E-state index < -0.39 is 0 Å². The molecule has 1 unspecified atom stereocenters. The molecule has 2 heterocycles. The summed E-state index contributed by atoms with van der Waals surface area (Å²) in [5.74, 6) is 0.984. The Bertz CT molecular complexity index is 269. The molecule has 0 aromatic rings. The highest BCUT2D eigenvalue weighted by Gasteiger charge is 2.21. The molecule has 2 saturated heterocycles. The predicted molar refractivity (Wildman–Crippen MR) is 78.1 cm³/mol. The standard InChI is InChI=1S/C15H29N3O/c1-2-9-18-10-6-14(7-11-18)17-15(19)4-3-13-5-8-16-12-13/h13-14,16H,2-12H2,1H3,(H,17,19). The van der Waals surface area contributed by atoms with E-state index >= 15 is 0 Å². The average Bonchev–Trinajstić information content (AvgIpc) is 2.92. The monoisotopic (exact) mass is 267 g/mol. The smallest absolute Gasteiger partial charge is 0.220 e. The highest BCUT2D eigenvalue weighted by atomic mass is 16.1. The fraction of sp³-hybridized carbons (Fsp3) is 0.933. The molecule has 2 N–H and O–H groups in total. The number of hydrogen-bond donors (Lipinski definition) is 2. The van der Waals surface area contributed by atoms with Gasteiger partial charge >= 0.3 is 0 Å². The van der Waals surface area contributed by atoms with Crippen LogP contribution in [0.3, 0.4) is 0 Å². The molecule has 2 aliphatic rings. The third-order valence-corrected chi connectivity index (χ3v) is 4.43. The first-order valence-corrected chi connectivity index (χ1v) is 8.00. The van der Waals surface area contributed by atoms with Gasteiger partial charge in [-0.2, -0.15) is 0 Å². The normalized spacial score (nSPS) is 25.6. The summed E-state index contributed by atoms with van der Waals surface area (Å²) in [6.07, 6.45) is 6.47. The van der Waals surface area contributed by atoms with E-state index in [1.807, 2.05) is 0 Å². The molecule has 110 valence electrons. The fourth-order valence-electron chi connectivity index (χ4n) is 3.21. The largest absolute Gasteiger partial charge is 0.353 e. The van der Waals surface area contributed by atoms with Gasteiger partial charge in [-0.1, -0.05) is 6.92 Å². The van der Waals surface area contributed by atoms with Crippen molar-refractivity contribution in [3.05, 3.63) is 0 Å². The second-order valence-corrected chi connectivity index (χ2v) is 6.08. The topological polar surface area (TPSA) is 44.4 Å². The minimum absolute atomic E-state index is 0.265. The first-order chi connectivity index (χ1) is 9.28. The van der Waals surface area contributed by atoms with Crippen LogP contribution >= 0.6 is 0 Å². The van der Waals surface area contributed by atoms with Gasteiger partial charge in [0.2, 0.25) is 5.91 Å². The summed E-state index contributed by atoms with van der Waals surface area (Å²) in [6.45, 7) is 7.95. The Balaban J connectivity index is 1.58. The molecular weight excluding hydrogens is 238 g/mol. The number of nitrogens with zero attached hydrogens (tertiary/aromatic N) is 1. The number of piperidine rings is 1. The minimum atomic E-state index is 0.265. The van der Waals surface area contributed by atoms with Gasteiger partial charge in [0.1, 0.15) is 0 Å². The van der Waals surface area contributed by atoms with Crippen molar-refractivity contribution >= 4 is 5.91 Å². The fourth-order valence-corrected chi connectivity index (χ4v) is 3.21. The molecule has 0 aromatic heterocycles. The second kappa shape index (κ2) is 7.85. The molecular formula is C15H29N3O. The highest BCUT2D eigenvalue weighted by Crippen LogP contribution is 2.15. The van der Waals surface area contributed by atoms with E-state index in [1.165, 1.54) is 19.4 Å². The van der Waals surface area contributed by atoms with Crippen molar-refractivity contribution in [2.75, 3.05) is 32.7 Å². The van der Waals surface area contributed by atoms with Gasteiger partial charge in [0, 0.05) is 25.6 Å². The summed E-state index contributed by atoms with van der Waals surface area (Å²) in [5.41, 5.74) is 0. The Hall–Kier alpha value is -0.610. The van der Waals surface area contributed by atoms with Gasteiger partial charge in [0.25, 0.3) is 0 Å². The van der Waals surface area contributed by atoms with E-state index in [4.69, 9.17) is 0 Å². The summed E-state index contributed by atoms with van der Waals surface area (Å²) in [7, 11) is 0. The molecule has 2 fully saturated rings. The van der Waals surface area contributed by atoms with Crippen LogP contribution in [0.4, 0.5) is 0 Å². The van der Waals surface area contributed by atoms with Crippen molar-refractivity contribution in [3.63, 3.8) is 0 Å². The van der Waals surface area contributed by atoms with E-state index in [0.717, 1.165) is 51.4 Å². The summed E-state index contributed by atoms with van der Waals surface area (Å²) >= 11 is 0. The maximum atomic E-state index is 11.9. The predicted octanol–water partition coefficient (Wildman–Crippen LogP) is 1.37. The van der Waals surface area contributed by atoms with Gasteiger partial charge in [-0.05, 0) is 57.7 Å². The maximum absolute atomic E-state index is 11.9. The van der Waals surface area contributed by atoms with Crippen LogP contribution in [0.5, 0.6) is 0 Å². The molecule has 1 amide bonds. The van der Waals surface area contributed by atoms with E-state index in [0.29, 0.717) is 12.5 Å². The Kier molecular flexibility index (Phi) is 6.11. The molecule has 0 bridgehead atoms. The number of amides is 1. The number of likely N-dealkylation sites (tertiary alicyclic amines) is 1. The molecule has 0 spiro atoms. The zero-order valence-corrected chi connectivity index (χ0v) is 12.3.